The number of thiazole rings is 1. The first-order valence-corrected chi connectivity index (χ1v) is 11.6. The lowest BCUT2D eigenvalue weighted by molar-refractivity contribution is -0.143. The number of allylic oxidation sites excluding steroid dienone is 1. The average molecular weight is 483 g/mol. The molecule has 1 atom stereocenters. The van der Waals surface area contributed by atoms with E-state index in [9.17, 15) is 9.59 Å². The summed E-state index contributed by atoms with van der Waals surface area (Å²) >= 11 is 7.56. The van der Waals surface area contributed by atoms with E-state index in [-0.39, 0.29) is 11.7 Å². The molecule has 8 heteroatoms. The maximum atomic E-state index is 13.6. The number of esters is 1. The van der Waals surface area contributed by atoms with E-state index in [0.29, 0.717) is 31.4 Å². The van der Waals surface area contributed by atoms with E-state index in [1.165, 1.54) is 11.3 Å². The van der Waals surface area contributed by atoms with Gasteiger partial charge in [-0.15, -0.1) is 0 Å². The number of carbonyl (C=O) groups excluding carboxylic acids is 1. The topological polar surface area (TPSA) is 69.9 Å². The predicted molar refractivity (Wildman–Crippen MR) is 129 cm³/mol. The van der Waals surface area contributed by atoms with E-state index in [2.05, 4.69) is 4.99 Å². The van der Waals surface area contributed by atoms with Crippen molar-refractivity contribution in [3.8, 4) is 5.75 Å². The second-order valence-electron chi connectivity index (χ2n) is 7.83. The maximum Gasteiger partial charge on any atom is 0.338 e. The van der Waals surface area contributed by atoms with E-state index >= 15 is 0 Å². The van der Waals surface area contributed by atoms with Gasteiger partial charge in [0, 0.05) is 5.02 Å². The summed E-state index contributed by atoms with van der Waals surface area (Å²) in [5.41, 5.74) is 2.10. The molecule has 0 spiro atoms. The van der Waals surface area contributed by atoms with Crippen molar-refractivity contribution in [3.05, 3.63) is 95.6 Å². The lowest BCUT2D eigenvalue weighted by atomic mass is 9.96. The molecule has 2 aromatic carbocycles. The molecule has 1 aromatic heterocycles. The highest BCUT2D eigenvalue weighted by atomic mass is 35.5. The number of hydrogen-bond donors (Lipinski definition) is 0. The van der Waals surface area contributed by atoms with Gasteiger partial charge < -0.3 is 9.47 Å². The number of aromatic nitrogens is 1. The SMILES string of the molecule is COc1ccc(C2C(C(=O)OC(C)C)=C(C)N=c3s/c(=C\c4ccccc4Cl)c(=O)n32)cc1. The molecule has 6 nitrogen and oxygen atoms in total. The van der Waals surface area contributed by atoms with Crippen LogP contribution in [-0.4, -0.2) is 23.8 Å². The number of hydrogen-bond acceptors (Lipinski definition) is 6. The molecule has 1 aliphatic rings. The molecule has 0 aliphatic carbocycles. The second-order valence-corrected chi connectivity index (χ2v) is 9.25. The van der Waals surface area contributed by atoms with Crippen molar-refractivity contribution in [1.29, 1.82) is 0 Å². The minimum atomic E-state index is -0.674. The van der Waals surface area contributed by atoms with Gasteiger partial charge in [0.1, 0.15) is 5.75 Å². The van der Waals surface area contributed by atoms with Gasteiger partial charge in [0.15, 0.2) is 4.80 Å². The predicted octanol–water partition coefficient (Wildman–Crippen LogP) is 3.85. The molecule has 0 N–H and O–H groups in total. The van der Waals surface area contributed by atoms with Gasteiger partial charge in [0.2, 0.25) is 0 Å². The summed E-state index contributed by atoms with van der Waals surface area (Å²) in [4.78, 5) is 31.8. The Labute approximate surface area is 200 Å². The van der Waals surface area contributed by atoms with Crippen LogP contribution in [0.2, 0.25) is 5.02 Å². The Balaban J connectivity index is 1.95. The molecule has 2 heterocycles. The second kappa shape index (κ2) is 9.37. The normalized spacial score (nSPS) is 15.9. The van der Waals surface area contributed by atoms with Crippen molar-refractivity contribution in [2.24, 2.45) is 4.99 Å². The highest BCUT2D eigenvalue weighted by Gasteiger charge is 2.33. The number of halogens is 1. The standard InChI is InChI=1S/C25H23ClN2O4S/c1-14(2)32-24(30)21-15(3)27-25-28(22(21)16-9-11-18(31-4)12-10-16)23(29)20(33-25)13-17-7-5-6-8-19(17)26/h5-14,22H,1-4H3/b20-13-. The summed E-state index contributed by atoms with van der Waals surface area (Å²) in [5, 5.41) is 0.549. The Kier molecular flexibility index (Phi) is 6.54. The Morgan fingerprint density at radius 1 is 1.18 bits per heavy atom. The third-order valence-electron chi connectivity index (χ3n) is 5.21. The van der Waals surface area contributed by atoms with Crippen molar-refractivity contribution < 1.29 is 14.3 Å². The zero-order chi connectivity index (χ0) is 23.7. The molecule has 0 saturated heterocycles. The average Bonchev–Trinajstić information content (AvgIpc) is 3.08. The highest BCUT2D eigenvalue weighted by Crippen LogP contribution is 2.31. The molecule has 0 amide bonds. The van der Waals surface area contributed by atoms with E-state index in [0.717, 1.165) is 11.1 Å². The van der Waals surface area contributed by atoms with E-state index in [1.54, 1.807) is 56.7 Å². The van der Waals surface area contributed by atoms with Gasteiger partial charge >= 0.3 is 5.97 Å². The number of carbonyl (C=O) groups is 1. The lowest BCUT2D eigenvalue weighted by Crippen LogP contribution is -2.40. The number of benzene rings is 2. The van der Waals surface area contributed by atoms with Crippen LogP contribution in [0.3, 0.4) is 0 Å². The third kappa shape index (κ3) is 4.51. The van der Waals surface area contributed by atoms with Crippen LogP contribution in [0.4, 0.5) is 0 Å². The highest BCUT2D eigenvalue weighted by molar-refractivity contribution is 7.07. The number of fused-ring (bicyclic) bond motifs is 1. The summed E-state index contributed by atoms with van der Waals surface area (Å²) in [6.07, 6.45) is 1.45. The van der Waals surface area contributed by atoms with Crippen molar-refractivity contribution in [2.45, 2.75) is 32.9 Å². The fourth-order valence-electron chi connectivity index (χ4n) is 3.70. The van der Waals surface area contributed by atoms with E-state index in [4.69, 9.17) is 21.1 Å². The minimum Gasteiger partial charge on any atom is -0.497 e. The molecule has 1 unspecified atom stereocenters. The molecule has 3 aromatic rings. The van der Waals surface area contributed by atoms with Crippen LogP contribution < -0.4 is 19.6 Å². The number of rotatable bonds is 5. The summed E-state index contributed by atoms with van der Waals surface area (Å²) in [7, 11) is 1.59. The van der Waals surface area contributed by atoms with Crippen LogP contribution in [0.25, 0.3) is 6.08 Å². The Morgan fingerprint density at radius 2 is 1.88 bits per heavy atom. The van der Waals surface area contributed by atoms with Crippen LogP contribution in [-0.2, 0) is 9.53 Å². The first-order chi connectivity index (χ1) is 15.8. The van der Waals surface area contributed by atoms with Gasteiger partial charge in [-0.25, -0.2) is 9.79 Å². The van der Waals surface area contributed by atoms with Crippen LogP contribution in [0, 0.1) is 0 Å². The third-order valence-corrected chi connectivity index (χ3v) is 6.53. The number of nitrogens with zero attached hydrogens (tertiary/aromatic N) is 2. The molecule has 33 heavy (non-hydrogen) atoms. The van der Waals surface area contributed by atoms with Gasteiger partial charge in [0.25, 0.3) is 5.56 Å². The molecule has 0 bridgehead atoms. The minimum absolute atomic E-state index is 0.248. The summed E-state index contributed by atoms with van der Waals surface area (Å²) in [5.74, 6) is 0.185. The Morgan fingerprint density at radius 3 is 2.52 bits per heavy atom. The first kappa shape index (κ1) is 23.0. The summed E-state index contributed by atoms with van der Waals surface area (Å²) < 4.78 is 12.8. The van der Waals surface area contributed by atoms with Crippen molar-refractivity contribution in [1.82, 2.24) is 4.57 Å². The van der Waals surface area contributed by atoms with Gasteiger partial charge in [-0.2, -0.15) is 0 Å². The quantitative estimate of drug-likeness (QED) is 0.518. The van der Waals surface area contributed by atoms with Gasteiger partial charge in [0.05, 0.1) is 35.1 Å². The number of methoxy groups -OCH3 is 1. The fraction of sp³-hybridized carbons (Fsp3) is 0.240. The molecule has 4 rings (SSSR count). The zero-order valence-electron chi connectivity index (χ0n) is 18.7. The first-order valence-electron chi connectivity index (χ1n) is 10.4. The van der Waals surface area contributed by atoms with Gasteiger partial charge in [-0.3, -0.25) is 9.36 Å². The maximum absolute atomic E-state index is 13.6. The molecule has 170 valence electrons. The van der Waals surface area contributed by atoms with Crippen LogP contribution >= 0.6 is 22.9 Å². The molecule has 1 aliphatic heterocycles. The Bertz CT molecular complexity index is 1420. The largest absolute Gasteiger partial charge is 0.497 e. The molecule has 0 fully saturated rings. The monoisotopic (exact) mass is 482 g/mol. The summed E-state index contributed by atoms with van der Waals surface area (Å²) in [6.45, 7) is 5.34. The zero-order valence-corrected chi connectivity index (χ0v) is 20.2. The summed E-state index contributed by atoms with van der Waals surface area (Å²) in [6, 6.07) is 13.9. The Hall–Kier alpha value is -3.16. The number of ether oxygens (including phenoxy) is 2. The van der Waals surface area contributed by atoms with E-state index in [1.807, 2.05) is 30.3 Å². The molecule has 0 saturated carbocycles. The van der Waals surface area contributed by atoms with Gasteiger partial charge in [-0.1, -0.05) is 53.3 Å². The van der Waals surface area contributed by atoms with Crippen LogP contribution in [0.5, 0.6) is 5.75 Å². The smallest absolute Gasteiger partial charge is 0.338 e. The lowest BCUT2D eigenvalue weighted by Gasteiger charge is -2.25. The van der Waals surface area contributed by atoms with Crippen molar-refractivity contribution in [3.63, 3.8) is 0 Å². The van der Waals surface area contributed by atoms with Gasteiger partial charge in [-0.05, 0) is 56.2 Å². The molecular weight excluding hydrogens is 460 g/mol. The van der Waals surface area contributed by atoms with Crippen LogP contribution in [0.15, 0.2) is 69.6 Å². The molecular formula is C25H23ClN2O4S. The van der Waals surface area contributed by atoms with Crippen LogP contribution in [0.1, 0.15) is 37.9 Å². The fourth-order valence-corrected chi connectivity index (χ4v) is 4.92. The van der Waals surface area contributed by atoms with E-state index < -0.39 is 12.0 Å². The van der Waals surface area contributed by atoms with Crippen molar-refractivity contribution >= 4 is 35.0 Å². The van der Waals surface area contributed by atoms with Crippen molar-refractivity contribution in [2.75, 3.05) is 7.11 Å². The molecule has 0 radical (unpaired) electrons.